The Morgan fingerprint density at radius 2 is 2.35 bits per heavy atom. The molecule has 17 heavy (non-hydrogen) atoms. The van der Waals surface area contributed by atoms with E-state index >= 15 is 0 Å². The topological polar surface area (TPSA) is 61.5 Å². The van der Waals surface area contributed by atoms with Crippen molar-refractivity contribution >= 4 is 11.7 Å². The molecule has 1 heterocycles. The maximum absolute atomic E-state index is 11.6. The number of ether oxygens (including phenoxy) is 2. The summed E-state index contributed by atoms with van der Waals surface area (Å²) in [6, 6.07) is 5.59. The highest BCUT2D eigenvalue weighted by Crippen LogP contribution is 2.39. The van der Waals surface area contributed by atoms with Crippen molar-refractivity contribution in [2.45, 2.75) is 19.3 Å². The quantitative estimate of drug-likeness (QED) is 0.628. The number of methoxy groups -OCH3 is 1. The van der Waals surface area contributed by atoms with Crippen molar-refractivity contribution in [1.29, 1.82) is 0 Å². The van der Waals surface area contributed by atoms with Gasteiger partial charge < -0.3 is 15.2 Å². The second-order valence-corrected chi connectivity index (χ2v) is 4.35. The summed E-state index contributed by atoms with van der Waals surface area (Å²) in [5, 5.41) is 0. The van der Waals surface area contributed by atoms with Gasteiger partial charge in [0.25, 0.3) is 0 Å². The molecular formula is C13H17NO3. The van der Waals surface area contributed by atoms with Crippen molar-refractivity contribution in [2.24, 2.45) is 5.92 Å². The summed E-state index contributed by atoms with van der Waals surface area (Å²) in [5.41, 5.74) is 7.44. The molecule has 0 bridgehead atoms. The molecule has 0 saturated carbocycles. The molecule has 0 saturated heterocycles. The summed E-state index contributed by atoms with van der Waals surface area (Å²) in [6.45, 7) is 2.50. The van der Waals surface area contributed by atoms with Crippen LogP contribution in [0.5, 0.6) is 5.75 Å². The molecule has 4 nitrogen and oxygen atoms in total. The molecule has 4 heteroatoms. The van der Waals surface area contributed by atoms with Gasteiger partial charge in [-0.1, -0.05) is 13.0 Å². The fourth-order valence-corrected chi connectivity index (χ4v) is 2.30. The third-order valence-electron chi connectivity index (χ3n) is 3.30. The Balaban J connectivity index is 2.31. The predicted molar refractivity (Wildman–Crippen MR) is 64.9 cm³/mol. The number of hydrogen-bond acceptors (Lipinski definition) is 4. The van der Waals surface area contributed by atoms with Crippen LogP contribution in [0.1, 0.15) is 24.8 Å². The third kappa shape index (κ3) is 2.20. The van der Waals surface area contributed by atoms with Crippen LogP contribution in [-0.2, 0) is 9.53 Å². The fraction of sp³-hybridized carbons (Fsp3) is 0.462. The highest BCUT2D eigenvalue weighted by molar-refractivity contribution is 5.73. The van der Waals surface area contributed by atoms with Crippen LogP contribution in [0.4, 0.5) is 5.69 Å². The highest BCUT2D eigenvalue weighted by atomic mass is 16.5. The highest BCUT2D eigenvalue weighted by Gasteiger charge is 2.31. The van der Waals surface area contributed by atoms with Gasteiger partial charge in [-0.2, -0.15) is 0 Å². The molecule has 2 unspecified atom stereocenters. The Labute approximate surface area is 101 Å². The van der Waals surface area contributed by atoms with Crippen LogP contribution in [-0.4, -0.2) is 19.7 Å². The zero-order chi connectivity index (χ0) is 12.4. The molecule has 2 rings (SSSR count). The van der Waals surface area contributed by atoms with Crippen molar-refractivity contribution in [2.75, 3.05) is 19.5 Å². The second kappa shape index (κ2) is 4.65. The number of carbonyl (C=O) groups is 1. The second-order valence-electron chi connectivity index (χ2n) is 4.35. The Morgan fingerprint density at radius 1 is 1.59 bits per heavy atom. The molecule has 92 valence electrons. The SMILES string of the molecule is COC(=O)C(C)C1CCOc2cc(N)ccc21. The first-order valence-electron chi connectivity index (χ1n) is 5.73. The minimum absolute atomic E-state index is 0.145. The summed E-state index contributed by atoms with van der Waals surface area (Å²) < 4.78 is 10.4. The molecular weight excluding hydrogens is 218 g/mol. The lowest BCUT2D eigenvalue weighted by atomic mass is 9.83. The summed E-state index contributed by atoms with van der Waals surface area (Å²) in [6.07, 6.45) is 0.827. The van der Waals surface area contributed by atoms with Crippen LogP contribution >= 0.6 is 0 Å². The molecule has 2 N–H and O–H groups in total. The third-order valence-corrected chi connectivity index (χ3v) is 3.30. The van der Waals surface area contributed by atoms with Gasteiger partial charge >= 0.3 is 5.97 Å². The number of rotatable bonds is 2. The number of esters is 1. The number of nitrogens with two attached hydrogens (primary N) is 1. The smallest absolute Gasteiger partial charge is 0.308 e. The number of hydrogen-bond donors (Lipinski definition) is 1. The van der Waals surface area contributed by atoms with Crippen LogP contribution in [0.2, 0.25) is 0 Å². The largest absolute Gasteiger partial charge is 0.493 e. The van der Waals surface area contributed by atoms with Gasteiger partial charge in [0.05, 0.1) is 19.6 Å². The molecule has 0 amide bonds. The van der Waals surface area contributed by atoms with Crippen molar-refractivity contribution in [3.05, 3.63) is 23.8 Å². The number of anilines is 1. The molecule has 1 aliphatic rings. The maximum Gasteiger partial charge on any atom is 0.308 e. The van der Waals surface area contributed by atoms with Crippen LogP contribution in [0, 0.1) is 5.92 Å². The van der Waals surface area contributed by atoms with Gasteiger partial charge in [0, 0.05) is 17.7 Å². The van der Waals surface area contributed by atoms with Crippen molar-refractivity contribution in [3.8, 4) is 5.75 Å². The van der Waals surface area contributed by atoms with E-state index in [-0.39, 0.29) is 17.8 Å². The molecule has 0 aliphatic carbocycles. The monoisotopic (exact) mass is 235 g/mol. The zero-order valence-electron chi connectivity index (χ0n) is 10.1. The first-order valence-corrected chi connectivity index (χ1v) is 5.73. The van der Waals surface area contributed by atoms with E-state index in [2.05, 4.69) is 0 Å². The van der Waals surface area contributed by atoms with E-state index in [1.54, 1.807) is 0 Å². The van der Waals surface area contributed by atoms with Crippen LogP contribution in [0.15, 0.2) is 18.2 Å². The summed E-state index contributed by atoms with van der Waals surface area (Å²) in [5.74, 6) is 0.592. The van der Waals surface area contributed by atoms with E-state index in [1.165, 1.54) is 7.11 Å². The van der Waals surface area contributed by atoms with Gasteiger partial charge in [-0.05, 0) is 18.1 Å². The molecule has 0 fully saturated rings. The average Bonchev–Trinajstić information content (AvgIpc) is 2.35. The standard InChI is InChI=1S/C13H17NO3/c1-8(13(15)16-2)10-5-6-17-12-7-9(14)3-4-11(10)12/h3-4,7-8,10H,5-6,14H2,1-2H3. The van der Waals surface area contributed by atoms with Gasteiger partial charge in [0.15, 0.2) is 0 Å². The Hall–Kier alpha value is -1.71. The number of nitrogen functional groups attached to an aromatic ring is 1. The van der Waals surface area contributed by atoms with Gasteiger partial charge in [-0.3, -0.25) is 4.79 Å². The first kappa shape index (κ1) is 11.8. The summed E-state index contributed by atoms with van der Waals surface area (Å²) >= 11 is 0. The molecule has 0 radical (unpaired) electrons. The Morgan fingerprint density at radius 3 is 3.06 bits per heavy atom. The van der Waals surface area contributed by atoms with Crippen molar-refractivity contribution in [3.63, 3.8) is 0 Å². The van der Waals surface area contributed by atoms with Gasteiger partial charge in [0.2, 0.25) is 0 Å². The normalized spacial score (nSPS) is 20.0. The number of benzene rings is 1. The molecule has 2 atom stereocenters. The molecule has 1 aromatic carbocycles. The van der Waals surface area contributed by atoms with E-state index in [0.29, 0.717) is 12.3 Å². The van der Waals surface area contributed by atoms with E-state index in [1.807, 2.05) is 25.1 Å². The predicted octanol–water partition coefficient (Wildman–Crippen LogP) is 1.94. The molecule has 0 aromatic heterocycles. The number of carbonyl (C=O) groups excluding carboxylic acids is 1. The lowest BCUT2D eigenvalue weighted by Gasteiger charge is -2.29. The van der Waals surface area contributed by atoms with Crippen molar-refractivity contribution < 1.29 is 14.3 Å². The van der Waals surface area contributed by atoms with Crippen LogP contribution < -0.4 is 10.5 Å². The fourth-order valence-electron chi connectivity index (χ4n) is 2.30. The molecule has 0 spiro atoms. The summed E-state index contributed by atoms with van der Waals surface area (Å²) in [7, 11) is 1.42. The molecule has 1 aliphatic heterocycles. The van der Waals surface area contributed by atoms with Gasteiger partial charge in [-0.25, -0.2) is 0 Å². The Bertz CT molecular complexity index is 431. The molecule has 1 aromatic rings. The Kier molecular flexibility index (Phi) is 3.22. The van der Waals surface area contributed by atoms with E-state index < -0.39 is 0 Å². The van der Waals surface area contributed by atoms with Crippen LogP contribution in [0.3, 0.4) is 0 Å². The maximum atomic E-state index is 11.6. The lowest BCUT2D eigenvalue weighted by molar-refractivity contribution is -0.145. The van der Waals surface area contributed by atoms with E-state index in [9.17, 15) is 4.79 Å². The van der Waals surface area contributed by atoms with Crippen LogP contribution in [0.25, 0.3) is 0 Å². The number of fused-ring (bicyclic) bond motifs is 1. The average molecular weight is 235 g/mol. The minimum atomic E-state index is -0.181. The summed E-state index contributed by atoms with van der Waals surface area (Å²) in [4.78, 5) is 11.6. The van der Waals surface area contributed by atoms with Crippen molar-refractivity contribution in [1.82, 2.24) is 0 Å². The van der Waals surface area contributed by atoms with Gasteiger partial charge in [-0.15, -0.1) is 0 Å². The zero-order valence-corrected chi connectivity index (χ0v) is 10.1. The first-order chi connectivity index (χ1) is 8.13. The van der Waals surface area contributed by atoms with E-state index in [4.69, 9.17) is 15.2 Å². The van der Waals surface area contributed by atoms with Gasteiger partial charge in [0.1, 0.15) is 5.75 Å². The minimum Gasteiger partial charge on any atom is -0.493 e. The lowest BCUT2D eigenvalue weighted by Crippen LogP contribution is -2.25. The van der Waals surface area contributed by atoms with E-state index in [0.717, 1.165) is 17.7 Å².